The van der Waals surface area contributed by atoms with Crippen LogP contribution < -0.4 is 21.3 Å². The lowest BCUT2D eigenvalue weighted by Crippen LogP contribution is -2.25. The van der Waals surface area contributed by atoms with E-state index in [1.807, 2.05) is 25.1 Å². The van der Waals surface area contributed by atoms with Crippen molar-refractivity contribution in [1.29, 1.82) is 0 Å². The molecule has 0 radical (unpaired) electrons. The maximum absolute atomic E-state index is 12.3. The van der Waals surface area contributed by atoms with Gasteiger partial charge in [-0.3, -0.25) is 10.1 Å². The van der Waals surface area contributed by atoms with Crippen LogP contribution in [-0.4, -0.2) is 35.9 Å². The van der Waals surface area contributed by atoms with Gasteiger partial charge in [0.05, 0.1) is 18.0 Å². The molecule has 2 heterocycles. The Labute approximate surface area is 138 Å². The summed E-state index contributed by atoms with van der Waals surface area (Å²) in [5.74, 6) is -0.172. The van der Waals surface area contributed by atoms with Crippen molar-refractivity contribution in [2.45, 2.75) is 19.8 Å². The third-order valence-electron chi connectivity index (χ3n) is 3.68. The van der Waals surface area contributed by atoms with E-state index in [4.69, 9.17) is 5.73 Å². The van der Waals surface area contributed by atoms with Crippen LogP contribution in [0.2, 0.25) is 0 Å². The van der Waals surface area contributed by atoms with Gasteiger partial charge in [0, 0.05) is 12.1 Å². The number of hydrogen-bond donors (Lipinski definition) is 3. The van der Waals surface area contributed by atoms with Crippen molar-refractivity contribution in [2.75, 3.05) is 35.3 Å². The fourth-order valence-corrected chi connectivity index (χ4v) is 3.13. The molecule has 0 atom stereocenters. The molecule has 2 aromatic rings. The van der Waals surface area contributed by atoms with Gasteiger partial charge < -0.3 is 16.0 Å². The maximum Gasteiger partial charge on any atom is 0.257 e. The molecule has 8 heteroatoms. The number of nitrogens with two attached hydrogens (primary N) is 1. The minimum atomic E-state index is -0.172. The van der Waals surface area contributed by atoms with Gasteiger partial charge in [-0.15, -0.1) is 10.2 Å². The molecule has 3 rings (SSSR count). The topological polar surface area (TPSA) is 96.2 Å². The summed E-state index contributed by atoms with van der Waals surface area (Å²) in [6.07, 6.45) is 1.76. The number of carbonyl (C=O) groups is 1. The third-order valence-corrected chi connectivity index (χ3v) is 4.66. The van der Waals surface area contributed by atoms with Crippen molar-refractivity contribution in [1.82, 2.24) is 10.2 Å². The highest BCUT2D eigenvalue weighted by Gasteiger charge is 2.20. The molecule has 0 bridgehead atoms. The lowest BCUT2D eigenvalue weighted by atomic mass is 10.1. The molecule has 1 aliphatic rings. The van der Waals surface area contributed by atoms with Gasteiger partial charge in [-0.05, 0) is 37.6 Å². The van der Waals surface area contributed by atoms with Crippen LogP contribution in [-0.2, 0) is 6.42 Å². The summed E-state index contributed by atoms with van der Waals surface area (Å²) in [6, 6.07) is 5.67. The lowest BCUT2D eigenvalue weighted by Gasteiger charge is -2.17. The molecule has 1 aromatic heterocycles. The first-order valence-electron chi connectivity index (χ1n) is 7.68. The molecule has 0 aliphatic carbocycles. The fraction of sp³-hybridized carbons (Fsp3) is 0.400. The van der Waals surface area contributed by atoms with E-state index in [0.717, 1.165) is 42.4 Å². The van der Waals surface area contributed by atoms with Crippen LogP contribution in [0.3, 0.4) is 0 Å². The number of aromatic nitrogens is 2. The second-order valence-corrected chi connectivity index (χ2v) is 6.34. The smallest absolute Gasteiger partial charge is 0.257 e. The van der Waals surface area contributed by atoms with E-state index in [-0.39, 0.29) is 5.91 Å². The minimum Gasteiger partial charge on any atom is -0.366 e. The second kappa shape index (κ2) is 6.93. The van der Waals surface area contributed by atoms with Crippen molar-refractivity contribution >= 4 is 33.8 Å². The van der Waals surface area contributed by atoms with Crippen molar-refractivity contribution in [3.05, 3.63) is 28.8 Å². The van der Waals surface area contributed by atoms with Gasteiger partial charge in [-0.2, -0.15) is 0 Å². The van der Waals surface area contributed by atoms with Gasteiger partial charge in [0.25, 0.3) is 5.91 Å². The van der Waals surface area contributed by atoms with E-state index in [2.05, 4.69) is 25.7 Å². The molecule has 122 valence electrons. The van der Waals surface area contributed by atoms with Crippen LogP contribution in [0.4, 0.5) is 16.5 Å². The Bertz CT molecular complexity index is 701. The van der Waals surface area contributed by atoms with Gasteiger partial charge in [0.1, 0.15) is 5.01 Å². The van der Waals surface area contributed by atoms with Crippen molar-refractivity contribution in [3.63, 3.8) is 0 Å². The summed E-state index contributed by atoms with van der Waals surface area (Å²) in [5.41, 5.74) is 8.25. The van der Waals surface area contributed by atoms with E-state index < -0.39 is 0 Å². The molecule has 0 saturated carbocycles. The molecule has 7 nitrogen and oxygen atoms in total. The molecule has 0 unspecified atom stereocenters. The van der Waals surface area contributed by atoms with Crippen molar-refractivity contribution in [2.24, 2.45) is 5.73 Å². The highest BCUT2D eigenvalue weighted by atomic mass is 32.1. The first-order valence-corrected chi connectivity index (χ1v) is 8.49. The largest absolute Gasteiger partial charge is 0.366 e. The summed E-state index contributed by atoms with van der Waals surface area (Å²) in [7, 11) is 0. The molecule has 1 aromatic carbocycles. The number of hydrogen-bond acceptors (Lipinski definition) is 7. The Morgan fingerprint density at radius 2 is 2.35 bits per heavy atom. The Hall–Kier alpha value is -2.19. The van der Waals surface area contributed by atoms with Gasteiger partial charge in [0.2, 0.25) is 5.13 Å². The van der Waals surface area contributed by atoms with Crippen LogP contribution in [0.25, 0.3) is 0 Å². The summed E-state index contributed by atoms with van der Waals surface area (Å²) in [5, 5.41) is 15.5. The number of benzene rings is 1. The van der Waals surface area contributed by atoms with Gasteiger partial charge >= 0.3 is 0 Å². The zero-order valence-electron chi connectivity index (χ0n) is 13.0. The lowest BCUT2D eigenvalue weighted by molar-refractivity contribution is 0.102. The van der Waals surface area contributed by atoms with Crippen molar-refractivity contribution < 1.29 is 4.79 Å². The fourth-order valence-electron chi connectivity index (χ4n) is 2.46. The summed E-state index contributed by atoms with van der Waals surface area (Å²) in [4.78, 5) is 14.6. The molecule has 4 N–H and O–H groups in total. The Morgan fingerprint density at radius 1 is 1.48 bits per heavy atom. The standard InChI is InChI=1S/C15H20N6OS/c1-2-13-19-20-15(23-13)18-14(22)10-4-5-12-11(8-10)17-9-21(12)7-3-6-16/h4-5,8,17H,2-3,6-7,9,16H2,1H3,(H,18,20,22). The van der Waals surface area contributed by atoms with E-state index in [0.29, 0.717) is 17.2 Å². The van der Waals surface area contributed by atoms with Crippen LogP contribution in [0.15, 0.2) is 18.2 Å². The highest BCUT2D eigenvalue weighted by Crippen LogP contribution is 2.32. The molecule has 1 aliphatic heterocycles. The Morgan fingerprint density at radius 3 is 3.09 bits per heavy atom. The van der Waals surface area contributed by atoms with E-state index in [9.17, 15) is 4.79 Å². The Kier molecular flexibility index (Phi) is 4.73. The molecule has 0 fully saturated rings. The summed E-state index contributed by atoms with van der Waals surface area (Å²) < 4.78 is 0. The van der Waals surface area contributed by atoms with E-state index in [1.165, 1.54) is 11.3 Å². The number of nitrogens with one attached hydrogen (secondary N) is 2. The van der Waals surface area contributed by atoms with E-state index >= 15 is 0 Å². The van der Waals surface area contributed by atoms with Gasteiger partial charge in [-0.1, -0.05) is 18.3 Å². The Balaban J connectivity index is 1.70. The van der Waals surface area contributed by atoms with Gasteiger partial charge in [-0.25, -0.2) is 0 Å². The normalized spacial score (nSPS) is 12.9. The predicted octanol–water partition coefficient (Wildman–Crippen LogP) is 1.89. The van der Waals surface area contributed by atoms with Crippen molar-refractivity contribution in [3.8, 4) is 0 Å². The monoisotopic (exact) mass is 332 g/mol. The number of carbonyl (C=O) groups excluding carboxylic acids is 1. The molecular weight excluding hydrogens is 312 g/mol. The molecule has 0 saturated heterocycles. The average Bonchev–Trinajstić information content (AvgIpc) is 3.18. The van der Waals surface area contributed by atoms with Crippen LogP contribution >= 0.6 is 11.3 Å². The SMILES string of the molecule is CCc1nnc(NC(=O)c2ccc3c(c2)NCN3CCCN)s1. The minimum absolute atomic E-state index is 0.172. The number of rotatable bonds is 6. The highest BCUT2D eigenvalue weighted by molar-refractivity contribution is 7.15. The summed E-state index contributed by atoms with van der Waals surface area (Å²) in [6.45, 7) is 4.34. The number of nitrogens with zero attached hydrogens (tertiary/aromatic N) is 3. The molecule has 23 heavy (non-hydrogen) atoms. The molecule has 0 spiro atoms. The second-order valence-electron chi connectivity index (χ2n) is 5.28. The predicted molar refractivity (Wildman–Crippen MR) is 93.2 cm³/mol. The summed E-state index contributed by atoms with van der Waals surface area (Å²) >= 11 is 1.40. The zero-order chi connectivity index (χ0) is 16.2. The molecular formula is C15H20N6OS. The van der Waals surface area contributed by atoms with E-state index in [1.54, 1.807) is 0 Å². The molecule has 1 amide bonds. The van der Waals surface area contributed by atoms with Crippen LogP contribution in [0.5, 0.6) is 0 Å². The third kappa shape index (κ3) is 3.43. The number of anilines is 3. The number of aryl methyl sites for hydroxylation is 1. The van der Waals surface area contributed by atoms with Crippen LogP contribution in [0, 0.1) is 0 Å². The van der Waals surface area contributed by atoms with Crippen LogP contribution in [0.1, 0.15) is 28.7 Å². The zero-order valence-corrected chi connectivity index (χ0v) is 13.8. The van der Waals surface area contributed by atoms with Gasteiger partial charge in [0.15, 0.2) is 0 Å². The average molecular weight is 332 g/mol. The first kappa shape index (κ1) is 15.7. The number of amides is 1. The first-order chi connectivity index (χ1) is 11.2. The number of fused-ring (bicyclic) bond motifs is 1. The quantitative estimate of drug-likeness (QED) is 0.747. The maximum atomic E-state index is 12.3.